The molecule has 3 heteroatoms. The van der Waals surface area contributed by atoms with Crippen molar-refractivity contribution in [3.05, 3.63) is 70.0 Å². The molecule has 0 fully saturated rings. The van der Waals surface area contributed by atoms with Crippen LogP contribution in [-0.2, 0) is 17.9 Å². The molecule has 110 valence electrons. The zero-order chi connectivity index (χ0) is 14.8. The Morgan fingerprint density at radius 2 is 1.90 bits per heavy atom. The summed E-state index contributed by atoms with van der Waals surface area (Å²) in [5, 5.41) is 3.52. The Morgan fingerprint density at radius 3 is 2.67 bits per heavy atom. The lowest BCUT2D eigenvalue weighted by molar-refractivity contribution is 0.0817. The Morgan fingerprint density at radius 1 is 1.19 bits per heavy atom. The summed E-state index contributed by atoms with van der Waals surface area (Å²) in [5.74, 6) is -0.106. The van der Waals surface area contributed by atoms with Crippen LogP contribution in [0.2, 0.25) is 0 Å². The van der Waals surface area contributed by atoms with Crippen LogP contribution in [-0.4, -0.2) is 6.61 Å². The van der Waals surface area contributed by atoms with Crippen LogP contribution >= 0.6 is 0 Å². The molecule has 0 radical (unpaired) electrons. The van der Waals surface area contributed by atoms with Crippen LogP contribution in [0.1, 0.15) is 33.9 Å². The highest BCUT2D eigenvalue weighted by Crippen LogP contribution is 2.25. The van der Waals surface area contributed by atoms with E-state index >= 15 is 0 Å². The zero-order valence-electron chi connectivity index (χ0n) is 12.4. The van der Waals surface area contributed by atoms with Crippen molar-refractivity contribution >= 4 is 0 Å². The summed E-state index contributed by atoms with van der Waals surface area (Å²) in [5.41, 5.74) is 5.06. The molecule has 0 spiro atoms. The number of hydrogen-bond acceptors (Lipinski definition) is 2. The predicted molar refractivity (Wildman–Crippen MR) is 81.6 cm³/mol. The van der Waals surface area contributed by atoms with Gasteiger partial charge in [-0.25, -0.2) is 4.39 Å². The smallest absolute Gasteiger partial charge is 0.129 e. The van der Waals surface area contributed by atoms with Gasteiger partial charge in [0.1, 0.15) is 5.82 Å². The molecule has 21 heavy (non-hydrogen) atoms. The molecule has 2 nitrogen and oxygen atoms in total. The molecule has 1 atom stereocenters. The number of halogens is 1. The SMILES string of the molecule is Cc1cc(CNC2COCc3ccccc32)cc(C)c1F. The Balaban J connectivity index is 1.74. The van der Waals surface area contributed by atoms with E-state index in [4.69, 9.17) is 4.74 Å². The number of aryl methyl sites for hydroxylation is 2. The zero-order valence-corrected chi connectivity index (χ0v) is 12.4. The first-order valence-electron chi connectivity index (χ1n) is 7.29. The Labute approximate surface area is 125 Å². The Hall–Kier alpha value is -1.71. The third-order valence-electron chi connectivity index (χ3n) is 4.02. The van der Waals surface area contributed by atoms with Crippen molar-refractivity contribution in [1.29, 1.82) is 0 Å². The molecule has 0 amide bonds. The van der Waals surface area contributed by atoms with Crippen LogP contribution in [0.5, 0.6) is 0 Å². The van der Waals surface area contributed by atoms with Gasteiger partial charge in [-0.1, -0.05) is 36.4 Å². The van der Waals surface area contributed by atoms with Gasteiger partial charge < -0.3 is 10.1 Å². The molecular formula is C18H20FNO. The Bertz CT molecular complexity index is 630. The highest BCUT2D eigenvalue weighted by atomic mass is 19.1. The molecule has 1 aliphatic heterocycles. The maximum absolute atomic E-state index is 13.7. The minimum Gasteiger partial charge on any atom is -0.375 e. The minimum atomic E-state index is -0.106. The second-order valence-corrected chi connectivity index (χ2v) is 5.69. The summed E-state index contributed by atoms with van der Waals surface area (Å²) in [6.45, 7) is 5.69. The van der Waals surface area contributed by atoms with Crippen molar-refractivity contribution in [2.45, 2.75) is 33.0 Å². The van der Waals surface area contributed by atoms with Gasteiger partial charge in [-0.2, -0.15) is 0 Å². The van der Waals surface area contributed by atoms with E-state index in [0.717, 1.165) is 5.56 Å². The average Bonchev–Trinajstić information content (AvgIpc) is 2.50. The van der Waals surface area contributed by atoms with E-state index in [0.29, 0.717) is 30.9 Å². The molecule has 2 aromatic rings. The van der Waals surface area contributed by atoms with E-state index in [-0.39, 0.29) is 11.9 Å². The standard InChI is InChI=1S/C18H20FNO/c1-12-7-14(8-13(2)18(12)19)9-20-17-11-21-10-15-5-3-4-6-16(15)17/h3-8,17,20H,9-11H2,1-2H3. The quantitative estimate of drug-likeness (QED) is 0.926. The number of ether oxygens (including phenoxy) is 1. The molecule has 2 aromatic carbocycles. The van der Waals surface area contributed by atoms with Gasteiger partial charge in [-0.15, -0.1) is 0 Å². The van der Waals surface area contributed by atoms with Crippen LogP contribution in [0, 0.1) is 19.7 Å². The molecule has 1 unspecified atom stereocenters. The lowest BCUT2D eigenvalue weighted by Crippen LogP contribution is -2.29. The van der Waals surface area contributed by atoms with E-state index in [1.807, 2.05) is 32.0 Å². The normalized spacial score (nSPS) is 17.6. The summed E-state index contributed by atoms with van der Waals surface area (Å²) >= 11 is 0. The molecule has 0 saturated carbocycles. The maximum atomic E-state index is 13.7. The number of nitrogens with one attached hydrogen (secondary N) is 1. The average molecular weight is 285 g/mol. The maximum Gasteiger partial charge on any atom is 0.129 e. The fourth-order valence-electron chi connectivity index (χ4n) is 2.93. The molecule has 0 bridgehead atoms. The van der Waals surface area contributed by atoms with Gasteiger partial charge in [0.15, 0.2) is 0 Å². The predicted octanol–water partition coefficient (Wildman–Crippen LogP) is 3.80. The van der Waals surface area contributed by atoms with Gasteiger partial charge in [-0.05, 0) is 41.7 Å². The molecule has 3 rings (SSSR count). The van der Waals surface area contributed by atoms with Crippen LogP contribution in [0.25, 0.3) is 0 Å². The van der Waals surface area contributed by atoms with E-state index < -0.39 is 0 Å². The van der Waals surface area contributed by atoms with Crippen LogP contribution in [0.3, 0.4) is 0 Å². The third kappa shape index (κ3) is 2.99. The van der Waals surface area contributed by atoms with Gasteiger partial charge in [0, 0.05) is 6.54 Å². The van der Waals surface area contributed by atoms with Gasteiger partial charge in [-0.3, -0.25) is 0 Å². The lowest BCUT2D eigenvalue weighted by atomic mass is 9.98. The van der Waals surface area contributed by atoms with E-state index in [1.54, 1.807) is 0 Å². The van der Waals surface area contributed by atoms with E-state index in [2.05, 4.69) is 23.5 Å². The fraction of sp³-hybridized carbons (Fsp3) is 0.333. The summed E-state index contributed by atoms with van der Waals surface area (Å²) in [6.07, 6.45) is 0. The first kappa shape index (κ1) is 14.2. The highest BCUT2D eigenvalue weighted by Gasteiger charge is 2.19. The number of hydrogen-bond donors (Lipinski definition) is 1. The summed E-state index contributed by atoms with van der Waals surface area (Å²) in [6, 6.07) is 12.4. The number of benzene rings is 2. The van der Waals surface area contributed by atoms with Crippen molar-refractivity contribution in [3.63, 3.8) is 0 Å². The molecule has 0 saturated heterocycles. The fourth-order valence-corrected chi connectivity index (χ4v) is 2.93. The highest BCUT2D eigenvalue weighted by molar-refractivity contribution is 5.32. The van der Waals surface area contributed by atoms with Gasteiger partial charge in [0.05, 0.1) is 19.3 Å². The molecule has 1 heterocycles. The van der Waals surface area contributed by atoms with Crippen LogP contribution in [0.4, 0.5) is 4.39 Å². The van der Waals surface area contributed by atoms with Crippen LogP contribution in [0.15, 0.2) is 36.4 Å². The van der Waals surface area contributed by atoms with Crippen molar-refractivity contribution in [3.8, 4) is 0 Å². The minimum absolute atomic E-state index is 0.106. The molecule has 0 aliphatic carbocycles. The third-order valence-corrected chi connectivity index (χ3v) is 4.02. The van der Waals surface area contributed by atoms with Crippen molar-refractivity contribution in [2.75, 3.05) is 6.61 Å². The topological polar surface area (TPSA) is 21.3 Å². The number of fused-ring (bicyclic) bond motifs is 1. The second kappa shape index (κ2) is 5.96. The largest absolute Gasteiger partial charge is 0.375 e. The Kier molecular flexibility index (Phi) is 4.04. The van der Waals surface area contributed by atoms with E-state index in [1.165, 1.54) is 11.1 Å². The van der Waals surface area contributed by atoms with Gasteiger partial charge in [0.2, 0.25) is 0 Å². The first-order valence-corrected chi connectivity index (χ1v) is 7.29. The number of rotatable bonds is 3. The van der Waals surface area contributed by atoms with Gasteiger partial charge >= 0.3 is 0 Å². The lowest BCUT2D eigenvalue weighted by Gasteiger charge is -2.26. The summed E-state index contributed by atoms with van der Waals surface area (Å²) < 4.78 is 19.3. The van der Waals surface area contributed by atoms with Gasteiger partial charge in [0.25, 0.3) is 0 Å². The summed E-state index contributed by atoms with van der Waals surface area (Å²) in [4.78, 5) is 0. The van der Waals surface area contributed by atoms with Crippen molar-refractivity contribution in [2.24, 2.45) is 0 Å². The summed E-state index contributed by atoms with van der Waals surface area (Å²) in [7, 11) is 0. The van der Waals surface area contributed by atoms with Crippen LogP contribution < -0.4 is 5.32 Å². The molecule has 0 aromatic heterocycles. The molecule has 1 aliphatic rings. The monoisotopic (exact) mass is 285 g/mol. The second-order valence-electron chi connectivity index (χ2n) is 5.69. The molecular weight excluding hydrogens is 265 g/mol. The molecule has 1 N–H and O–H groups in total. The first-order chi connectivity index (χ1) is 10.1. The van der Waals surface area contributed by atoms with Crippen molar-refractivity contribution < 1.29 is 9.13 Å². The van der Waals surface area contributed by atoms with Crippen molar-refractivity contribution in [1.82, 2.24) is 5.32 Å². The van der Waals surface area contributed by atoms with E-state index in [9.17, 15) is 4.39 Å².